The minimum absolute atomic E-state index is 0. The lowest BCUT2D eigenvalue weighted by Crippen LogP contribution is -2.20. The first-order valence-corrected chi connectivity index (χ1v) is 7.87. The fourth-order valence-corrected chi connectivity index (χ4v) is 2.67. The largest absolute Gasteiger partial charge is 0.505 e. The van der Waals surface area contributed by atoms with Crippen LogP contribution >= 0.6 is 12.4 Å². The summed E-state index contributed by atoms with van der Waals surface area (Å²) in [4.78, 5) is 4.48. The molecule has 0 spiro atoms. The van der Waals surface area contributed by atoms with Crippen molar-refractivity contribution in [3.63, 3.8) is 0 Å². The van der Waals surface area contributed by atoms with Crippen molar-refractivity contribution in [3.8, 4) is 11.5 Å². The molecule has 0 saturated heterocycles. The van der Waals surface area contributed by atoms with Crippen LogP contribution in [-0.2, 0) is 16.8 Å². The summed E-state index contributed by atoms with van der Waals surface area (Å²) in [7, 11) is 1.61. The van der Waals surface area contributed by atoms with Crippen molar-refractivity contribution in [1.29, 1.82) is 0 Å². The van der Waals surface area contributed by atoms with E-state index in [0.29, 0.717) is 17.5 Å². The second-order valence-electron chi connectivity index (χ2n) is 6.75. The number of hydrogen-bond acceptors (Lipinski definition) is 5. The molecule has 1 heterocycles. The van der Waals surface area contributed by atoms with Crippen LogP contribution in [0.25, 0.3) is 0 Å². The Morgan fingerprint density at radius 2 is 1.88 bits per heavy atom. The van der Waals surface area contributed by atoms with Gasteiger partial charge in [0, 0.05) is 11.3 Å². The first-order valence-electron chi connectivity index (χ1n) is 7.87. The van der Waals surface area contributed by atoms with Gasteiger partial charge in [0.2, 0.25) is 0 Å². The van der Waals surface area contributed by atoms with E-state index in [4.69, 9.17) is 9.47 Å². The zero-order valence-corrected chi connectivity index (χ0v) is 15.6. The van der Waals surface area contributed by atoms with Crippen molar-refractivity contribution in [1.82, 2.24) is 0 Å². The summed E-state index contributed by atoms with van der Waals surface area (Å²) in [5.74, 6) is 0.851. The maximum Gasteiger partial charge on any atom is 0.294 e. The number of fused-ring (bicyclic) bond motifs is 1. The van der Waals surface area contributed by atoms with Gasteiger partial charge in [0.15, 0.2) is 0 Å². The Hall–Kier alpha value is -2.40. The van der Waals surface area contributed by atoms with Crippen LogP contribution in [0.4, 0.5) is 11.4 Å². The van der Waals surface area contributed by atoms with Crippen molar-refractivity contribution in [3.05, 3.63) is 47.5 Å². The zero-order valence-electron chi connectivity index (χ0n) is 14.8. The van der Waals surface area contributed by atoms with Gasteiger partial charge in [0.25, 0.3) is 6.02 Å². The number of ether oxygens (including phenoxy) is 2. The Balaban J connectivity index is 0.00000225. The summed E-state index contributed by atoms with van der Waals surface area (Å²) in [6.45, 7) is 6.41. The molecule has 0 bridgehead atoms. The number of amidine groups is 1. The van der Waals surface area contributed by atoms with Crippen molar-refractivity contribution in [2.45, 2.75) is 32.8 Å². The quantitative estimate of drug-likeness (QED) is 0.809. The fraction of sp³-hybridized carbons (Fsp3) is 0.316. The summed E-state index contributed by atoms with van der Waals surface area (Å²) in [5, 5.41) is 13.8. The normalized spacial score (nSPS) is 13.0. The minimum atomic E-state index is -0.229. The number of para-hydroxylation sites is 1. The number of aliphatic imine (C=N–C) groups is 1. The van der Waals surface area contributed by atoms with Gasteiger partial charge < -0.3 is 19.9 Å². The molecule has 0 aromatic heterocycles. The SMILES string of the molecule is COc1cc(C(C)(C)C)c(O)c2c1COC(Nc1ccccc1)=N2.Cl. The fourth-order valence-electron chi connectivity index (χ4n) is 2.67. The van der Waals surface area contributed by atoms with Crippen LogP contribution in [0.2, 0.25) is 0 Å². The van der Waals surface area contributed by atoms with Crippen LogP contribution in [-0.4, -0.2) is 18.2 Å². The maximum absolute atomic E-state index is 10.7. The molecule has 134 valence electrons. The Morgan fingerprint density at radius 1 is 1.20 bits per heavy atom. The Morgan fingerprint density at radius 3 is 2.48 bits per heavy atom. The Kier molecular flexibility index (Phi) is 5.48. The molecule has 0 amide bonds. The highest BCUT2D eigenvalue weighted by Crippen LogP contribution is 2.46. The number of phenolic OH excluding ortho intramolecular Hbond substituents is 1. The highest BCUT2D eigenvalue weighted by Gasteiger charge is 2.28. The van der Waals surface area contributed by atoms with E-state index in [1.165, 1.54) is 0 Å². The van der Waals surface area contributed by atoms with E-state index in [2.05, 4.69) is 10.3 Å². The number of aromatic hydroxyl groups is 1. The first-order chi connectivity index (χ1) is 11.4. The number of phenols is 1. The number of halogens is 1. The van der Waals surface area contributed by atoms with Crippen LogP contribution in [0, 0.1) is 0 Å². The molecular formula is C19H23ClN2O3. The molecule has 0 fully saturated rings. The average molecular weight is 363 g/mol. The van der Waals surface area contributed by atoms with Gasteiger partial charge in [-0.25, -0.2) is 0 Å². The van der Waals surface area contributed by atoms with Crippen molar-refractivity contribution < 1.29 is 14.6 Å². The lowest BCUT2D eigenvalue weighted by Gasteiger charge is -2.26. The summed E-state index contributed by atoms with van der Waals surface area (Å²) >= 11 is 0. The van der Waals surface area contributed by atoms with Gasteiger partial charge in [0.1, 0.15) is 23.8 Å². The van der Waals surface area contributed by atoms with E-state index in [1.807, 2.05) is 57.2 Å². The Bertz CT molecular complexity index is 783. The summed E-state index contributed by atoms with van der Waals surface area (Å²) < 4.78 is 11.2. The van der Waals surface area contributed by atoms with Crippen LogP contribution in [0.3, 0.4) is 0 Å². The predicted octanol–water partition coefficient (Wildman–Crippen LogP) is 4.75. The number of benzene rings is 2. The molecule has 3 rings (SSSR count). The van der Waals surface area contributed by atoms with Gasteiger partial charge in [-0.1, -0.05) is 39.0 Å². The lowest BCUT2D eigenvalue weighted by molar-refractivity contribution is 0.275. The highest BCUT2D eigenvalue weighted by molar-refractivity contribution is 5.93. The monoisotopic (exact) mass is 362 g/mol. The molecule has 2 aromatic carbocycles. The van der Waals surface area contributed by atoms with Gasteiger partial charge in [-0.2, -0.15) is 4.99 Å². The van der Waals surface area contributed by atoms with Gasteiger partial charge in [-0.05, 0) is 23.6 Å². The molecule has 0 radical (unpaired) electrons. The third-order valence-electron chi connectivity index (χ3n) is 3.96. The van der Waals surface area contributed by atoms with E-state index in [0.717, 1.165) is 16.8 Å². The second kappa shape index (κ2) is 7.23. The van der Waals surface area contributed by atoms with Crippen LogP contribution < -0.4 is 10.1 Å². The molecule has 0 unspecified atom stereocenters. The van der Waals surface area contributed by atoms with E-state index in [1.54, 1.807) is 7.11 Å². The zero-order chi connectivity index (χ0) is 17.3. The summed E-state index contributed by atoms with van der Waals surface area (Å²) in [5.41, 5.74) is 2.69. The van der Waals surface area contributed by atoms with Crippen LogP contribution in [0.15, 0.2) is 41.4 Å². The molecule has 5 nitrogen and oxygen atoms in total. The number of nitrogens with one attached hydrogen (secondary N) is 1. The van der Waals surface area contributed by atoms with E-state index >= 15 is 0 Å². The molecule has 0 aliphatic carbocycles. The highest BCUT2D eigenvalue weighted by atomic mass is 35.5. The maximum atomic E-state index is 10.7. The van der Waals surface area contributed by atoms with Gasteiger partial charge in [0.05, 0.1) is 12.7 Å². The number of rotatable bonds is 2. The average Bonchev–Trinajstić information content (AvgIpc) is 2.55. The second-order valence-corrected chi connectivity index (χ2v) is 6.75. The number of methoxy groups -OCH3 is 1. The topological polar surface area (TPSA) is 63.1 Å². The predicted molar refractivity (Wildman–Crippen MR) is 103 cm³/mol. The van der Waals surface area contributed by atoms with Crippen LogP contribution in [0.1, 0.15) is 31.9 Å². The number of hydrogen-bond donors (Lipinski definition) is 2. The summed E-state index contributed by atoms with van der Waals surface area (Å²) in [6.07, 6.45) is 0. The molecule has 1 aliphatic heterocycles. The van der Waals surface area contributed by atoms with Gasteiger partial charge in [-0.3, -0.25) is 0 Å². The van der Waals surface area contributed by atoms with Crippen LogP contribution in [0.5, 0.6) is 11.5 Å². The third kappa shape index (κ3) is 3.82. The van der Waals surface area contributed by atoms with Crippen molar-refractivity contribution in [2.75, 3.05) is 12.4 Å². The standard InChI is InChI=1S/C19H22N2O3.ClH/c1-19(2,3)14-10-15(23-4)13-11-24-18(21-16(13)17(14)22)20-12-8-6-5-7-9-12;/h5-10,22H,11H2,1-4H3,(H,20,21);1H. The molecule has 2 aromatic rings. The molecule has 0 atom stereocenters. The van der Waals surface area contributed by atoms with E-state index < -0.39 is 0 Å². The Labute approximate surface area is 154 Å². The molecular weight excluding hydrogens is 340 g/mol. The van der Waals surface area contributed by atoms with Crippen molar-refractivity contribution >= 4 is 29.8 Å². The number of anilines is 1. The van der Waals surface area contributed by atoms with Gasteiger partial charge >= 0.3 is 0 Å². The van der Waals surface area contributed by atoms with Crippen molar-refractivity contribution in [2.24, 2.45) is 4.99 Å². The third-order valence-corrected chi connectivity index (χ3v) is 3.96. The lowest BCUT2D eigenvalue weighted by atomic mass is 9.84. The molecule has 1 aliphatic rings. The summed E-state index contributed by atoms with van der Waals surface area (Å²) in [6, 6.07) is 11.9. The smallest absolute Gasteiger partial charge is 0.294 e. The number of nitrogens with zero attached hydrogens (tertiary/aromatic N) is 1. The first kappa shape index (κ1) is 18.9. The van der Waals surface area contributed by atoms with E-state index in [9.17, 15) is 5.11 Å². The molecule has 25 heavy (non-hydrogen) atoms. The minimum Gasteiger partial charge on any atom is -0.505 e. The molecule has 2 N–H and O–H groups in total. The van der Waals surface area contributed by atoms with E-state index in [-0.39, 0.29) is 30.2 Å². The molecule has 6 heteroatoms. The molecule has 0 saturated carbocycles. The van der Waals surface area contributed by atoms with Gasteiger partial charge in [-0.15, -0.1) is 12.4 Å².